The number of rotatable bonds is 8. The Labute approximate surface area is 199 Å². The van der Waals surface area contributed by atoms with Crippen LogP contribution in [0.1, 0.15) is 16.7 Å². The SMILES string of the molecule is COc1ccc(C=NNC(=O)C(=O)Nc2ccccc2F)cc1COc1ccc([N+](=O)[O-])c(C)c1. The molecule has 0 heterocycles. The lowest BCUT2D eigenvalue weighted by Gasteiger charge is -2.11. The van der Waals surface area contributed by atoms with Crippen LogP contribution in [0.4, 0.5) is 15.8 Å². The number of carbonyl (C=O) groups excluding carboxylic acids is 2. The number of hydrazone groups is 1. The molecule has 11 heteroatoms. The van der Waals surface area contributed by atoms with Crippen LogP contribution in [0.5, 0.6) is 11.5 Å². The molecule has 0 aliphatic heterocycles. The normalized spacial score (nSPS) is 10.6. The number of nitrogens with zero attached hydrogens (tertiary/aromatic N) is 2. The molecule has 0 aromatic heterocycles. The van der Waals surface area contributed by atoms with Crippen LogP contribution in [0.15, 0.2) is 65.8 Å². The molecule has 2 amide bonds. The average Bonchev–Trinajstić information content (AvgIpc) is 2.84. The van der Waals surface area contributed by atoms with Gasteiger partial charge in [0.2, 0.25) is 0 Å². The van der Waals surface area contributed by atoms with E-state index < -0.39 is 22.6 Å². The third-order valence-corrected chi connectivity index (χ3v) is 4.77. The lowest BCUT2D eigenvalue weighted by Crippen LogP contribution is -2.32. The second kappa shape index (κ2) is 11.4. The fourth-order valence-electron chi connectivity index (χ4n) is 3.03. The van der Waals surface area contributed by atoms with Crippen LogP contribution >= 0.6 is 0 Å². The van der Waals surface area contributed by atoms with Crippen LogP contribution in [0, 0.1) is 22.9 Å². The average molecular weight is 480 g/mol. The standard InChI is InChI=1S/C24H21FN4O6/c1-15-11-18(8-9-21(15)29(32)33)35-14-17-12-16(7-10-22(17)34-2)13-26-28-24(31)23(30)27-20-6-4-3-5-19(20)25/h3-13H,14H2,1-2H3,(H,27,30)(H,28,31). The third kappa shape index (κ3) is 6.60. The van der Waals surface area contributed by atoms with Gasteiger partial charge in [-0.15, -0.1) is 0 Å². The van der Waals surface area contributed by atoms with Gasteiger partial charge in [0.25, 0.3) is 5.69 Å². The molecule has 0 saturated heterocycles. The van der Waals surface area contributed by atoms with E-state index in [0.717, 1.165) is 6.07 Å². The first-order valence-corrected chi connectivity index (χ1v) is 10.2. The number of nitro groups is 1. The Morgan fingerprint density at radius 1 is 1.11 bits per heavy atom. The fraction of sp³-hybridized carbons (Fsp3) is 0.125. The van der Waals surface area contributed by atoms with Crippen molar-refractivity contribution in [1.82, 2.24) is 5.43 Å². The van der Waals surface area contributed by atoms with Crippen LogP contribution in [0.3, 0.4) is 0 Å². The summed E-state index contributed by atoms with van der Waals surface area (Å²) in [5.74, 6) is -1.84. The molecule has 3 rings (SSSR count). The number of nitrogens with one attached hydrogen (secondary N) is 2. The van der Waals surface area contributed by atoms with E-state index in [1.165, 1.54) is 43.7 Å². The zero-order chi connectivity index (χ0) is 25.4. The highest BCUT2D eigenvalue weighted by Gasteiger charge is 2.15. The number of para-hydroxylation sites is 1. The Morgan fingerprint density at radius 2 is 1.89 bits per heavy atom. The smallest absolute Gasteiger partial charge is 0.329 e. The van der Waals surface area contributed by atoms with Crippen LogP contribution in [0.2, 0.25) is 0 Å². The molecule has 35 heavy (non-hydrogen) atoms. The molecule has 0 aliphatic rings. The lowest BCUT2D eigenvalue weighted by atomic mass is 10.1. The van der Waals surface area contributed by atoms with Gasteiger partial charge in [0.15, 0.2) is 0 Å². The number of benzene rings is 3. The summed E-state index contributed by atoms with van der Waals surface area (Å²) in [5, 5.41) is 16.9. The molecule has 180 valence electrons. The van der Waals surface area contributed by atoms with Gasteiger partial charge in [-0.3, -0.25) is 19.7 Å². The molecule has 2 N–H and O–H groups in total. The first-order chi connectivity index (χ1) is 16.8. The van der Waals surface area contributed by atoms with E-state index in [-0.39, 0.29) is 18.0 Å². The van der Waals surface area contributed by atoms with Gasteiger partial charge in [-0.05, 0) is 55.0 Å². The van der Waals surface area contributed by atoms with Gasteiger partial charge in [-0.2, -0.15) is 5.10 Å². The molecule has 0 saturated carbocycles. The van der Waals surface area contributed by atoms with Crippen LogP contribution in [0.25, 0.3) is 0 Å². The summed E-state index contributed by atoms with van der Waals surface area (Å²) in [4.78, 5) is 34.3. The van der Waals surface area contributed by atoms with Crippen molar-refractivity contribution in [3.63, 3.8) is 0 Å². The van der Waals surface area contributed by atoms with Crippen LogP contribution in [-0.4, -0.2) is 30.1 Å². The molecule has 0 atom stereocenters. The largest absolute Gasteiger partial charge is 0.496 e. The van der Waals surface area contributed by atoms with Crippen LogP contribution < -0.4 is 20.2 Å². The second-order valence-electron chi connectivity index (χ2n) is 7.20. The maximum absolute atomic E-state index is 13.6. The maximum atomic E-state index is 13.6. The zero-order valence-corrected chi connectivity index (χ0v) is 18.8. The van der Waals surface area contributed by atoms with E-state index in [4.69, 9.17) is 9.47 Å². The van der Waals surface area contributed by atoms with Crippen molar-refractivity contribution in [2.24, 2.45) is 5.10 Å². The van der Waals surface area contributed by atoms with Gasteiger partial charge in [0.05, 0.1) is 23.9 Å². The number of amides is 2. The molecule has 0 aliphatic carbocycles. The molecule has 0 fully saturated rings. The summed E-state index contributed by atoms with van der Waals surface area (Å²) in [6, 6.07) is 14.9. The Hall–Kier alpha value is -4.80. The van der Waals surface area contributed by atoms with E-state index in [2.05, 4.69) is 15.8 Å². The number of methoxy groups -OCH3 is 1. The fourth-order valence-corrected chi connectivity index (χ4v) is 3.03. The van der Waals surface area contributed by atoms with Crippen molar-refractivity contribution in [2.45, 2.75) is 13.5 Å². The summed E-state index contributed by atoms with van der Waals surface area (Å²) < 4.78 is 24.7. The summed E-state index contributed by atoms with van der Waals surface area (Å²) in [7, 11) is 1.50. The summed E-state index contributed by atoms with van der Waals surface area (Å²) in [5.41, 5.74) is 3.63. The van der Waals surface area contributed by atoms with Gasteiger partial charge < -0.3 is 14.8 Å². The van der Waals surface area contributed by atoms with E-state index in [1.807, 2.05) is 0 Å². The Balaban J connectivity index is 1.63. The van der Waals surface area contributed by atoms with Crippen molar-refractivity contribution < 1.29 is 28.4 Å². The molecule has 0 spiro atoms. The van der Waals surface area contributed by atoms with Crippen molar-refractivity contribution in [3.05, 3.63) is 93.3 Å². The summed E-state index contributed by atoms with van der Waals surface area (Å²) in [6.45, 7) is 1.72. The van der Waals surface area contributed by atoms with Crippen molar-refractivity contribution in [1.29, 1.82) is 0 Å². The van der Waals surface area contributed by atoms with Crippen molar-refractivity contribution in [3.8, 4) is 11.5 Å². The molecule has 0 bridgehead atoms. The maximum Gasteiger partial charge on any atom is 0.329 e. The number of halogens is 1. The zero-order valence-electron chi connectivity index (χ0n) is 18.8. The third-order valence-electron chi connectivity index (χ3n) is 4.77. The van der Waals surface area contributed by atoms with E-state index in [0.29, 0.717) is 28.2 Å². The van der Waals surface area contributed by atoms with E-state index in [9.17, 15) is 24.1 Å². The van der Waals surface area contributed by atoms with E-state index in [1.54, 1.807) is 31.2 Å². The quantitative estimate of drug-likeness (QED) is 0.219. The number of carbonyl (C=O) groups is 2. The summed E-state index contributed by atoms with van der Waals surface area (Å²) >= 11 is 0. The van der Waals surface area contributed by atoms with Crippen LogP contribution in [-0.2, 0) is 16.2 Å². The van der Waals surface area contributed by atoms with Crippen molar-refractivity contribution >= 4 is 29.4 Å². The highest BCUT2D eigenvalue weighted by molar-refractivity contribution is 6.39. The monoisotopic (exact) mass is 480 g/mol. The van der Waals surface area contributed by atoms with Gasteiger partial charge in [-0.1, -0.05) is 12.1 Å². The Morgan fingerprint density at radius 3 is 2.57 bits per heavy atom. The topological polar surface area (TPSA) is 132 Å². The first kappa shape index (κ1) is 24.8. The Bertz CT molecular complexity index is 1290. The predicted octanol–water partition coefficient (Wildman–Crippen LogP) is 3.72. The minimum atomic E-state index is -1.07. The summed E-state index contributed by atoms with van der Waals surface area (Å²) in [6.07, 6.45) is 1.31. The molecular formula is C24H21FN4O6. The minimum absolute atomic E-state index is 0.00206. The number of aryl methyl sites for hydroxylation is 1. The Kier molecular flexibility index (Phi) is 8.06. The first-order valence-electron chi connectivity index (χ1n) is 10.2. The molecule has 0 radical (unpaired) electrons. The van der Waals surface area contributed by atoms with E-state index >= 15 is 0 Å². The van der Waals surface area contributed by atoms with Gasteiger partial charge >= 0.3 is 11.8 Å². The highest BCUT2D eigenvalue weighted by Crippen LogP contribution is 2.26. The number of nitro benzene ring substituents is 1. The lowest BCUT2D eigenvalue weighted by molar-refractivity contribution is -0.385. The van der Waals surface area contributed by atoms with Gasteiger partial charge in [-0.25, -0.2) is 9.82 Å². The number of hydrogen-bond acceptors (Lipinski definition) is 7. The highest BCUT2D eigenvalue weighted by atomic mass is 19.1. The number of anilines is 1. The molecule has 3 aromatic carbocycles. The predicted molar refractivity (Wildman–Crippen MR) is 126 cm³/mol. The van der Waals surface area contributed by atoms with Crippen molar-refractivity contribution in [2.75, 3.05) is 12.4 Å². The number of ether oxygens (including phenoxy) is 2. The molecule has 3 aromatic rings. The molecule has 10 nitrogen and oxygen atoms in total. The second-order valence-corrected chi connectivity index (χ2v) is 7.20. The van der Waals surface area contributed by atoms with Gasteiger partial charge in [0, 0.05) is 17.2 Å². The molecular weight excluding hydrogens is 459 g/mol. The minimum Gasteiger partial charge on any atom is -0.496 e. The molecule has 0 unspecified atom stereocenters. The number of hydrogen-bond donors (Lipinski definition) is 2. The van der Waals surface area contributed by atoms with Gasteiger partial charge in [0.1, 0.15) is 23.9 Å².